The molecule has 29 heavy (non-hydrogen) atoms. The highest BCUT2D eigenvalue weighted by Gasteiger charge is 2.21. The van der Waals surface area contributed by atoms with Gasteiger partial charge in [-0.1, -0.05) is 42.5 Å². The summed E-state index contributed by atoms with van der Waals surface area (Å²) < 4.78 is 11.6. The number of fused-ring (bicyclic) bond motifs is 1. The number of nitrogens with one attached hydrogen (secondary N) is 1. The molecule has 0 unspecified atom stereocenters. The minimum absolute atomic E-state index is 0.336. The molecule has 1 amide bonds. The van der Waals surface area contributed by atoms with Gasteiger partial charge in [0.1, 0.15) is 16.4 Å². The highest BCUT2D eigenvalue weighted by Crippen LogP contribution is 2.36. The summed E-state index contributed by atoms with van der Waals surface area (Å²) in [6.45, 7) is 0. The van der Waals surface area contributed by atoms with E-state index in [1.807, 2.05) is 54.6 Å². The third-order valence-electron chi connectivity index (χ3n) is 4.28. The second kappa shape index (κ2) is 8.16. The van der Waals surface area contributed by atoms with Crippen LogP contribution in [0.4, 0.5) is 5.69 Å². The smallest absolute Gasteiger partial charge is 0.350 e. The van der Waals surface area contributed by atoms with Crippen molar-refractivity contribution in [3.63, 3.8) is 0 Å². The molecule has 1 N–H and O–H groups in total. The van der Waals surface area contributed by atoms with Gasteiger partial charge in [0.2, 0.25) is 0 Å². The van der Waals surface area contributed by atoms with E-state index in [-0.39, 0.29) is 5.91 Å². The molecule has 0 atom stereocenters. The van der Waals surface area contributed by atoms with Crippen molar-refractivity contribution in [2.75, 3.05) is 12.4 Å². The van der Waals surface area contributed by atoms with Gasteiger partial charge in [0.25, 0.3) is 5.91 Å². The first-order chi connectivity index (χ1) is 14.2. The first kappa shape index (κ1) is 18.7. The number of methoxy groups -OCH3 is 1. The summed E-state index contributed by atoms with van der Waals surface area (Å²) in [5.41, 5.74) is 0.876. The van der Waals surface area contributed by atoms with Crippen molar-refractivity contribution in [3.8, 4) is 11.5 Å². The molecule has 0 saturated heterocycles. The topological polar surface area (TPSA) is 64.6 Å². The number of benzene rings is 3. The zero-order valence-corrected chi connectivity index (χ0v) is 16.4. The van der Waals surface area contributed by atoms with Gasteiger partial charge in [-0.25, -0.2) is 4.79 Å². The molecule has 0 aliphatic rings. The third kappa shape index (κ3) is 3.97. The molecule has 4 rings (SSSR count). The number of rotatable bonds is 5. The van der Waals surface area contributed by atoms with Crippen molar-refractivity contribution in [2.45, 2.75) is 0 Å². The van der Waals surface area contributed by atoms with Crippen LogP contribution in [-0.4, -0.2) is 19.0 Å². The van der Waals surface area contributed by atoms with Crippen molar-refractivity contribution >= 4 is 39.0 Å². The van der Waals surface area contributed by atoms with Crippen LogP contribution < -0.4 is 10.1 Å². The number of esters is 1. The number of amides is 1. The monoisotopic (exact) mass is 403 g/mol. The maximum atomic E-state index is 12.9. The fourth-order valence-corrected chi connectivity index (χ4v) is 3.99. The van der Waals surface area contributed by atoms with E-state index < -0.39 is 5.97 Å². The molecule has 0 spiro atoms. The van der Waals surface area contributed by atoms with Gasteiger partial charge in [0.15, 0.2) is 0 Å². The van der Waals surface area contributed by atoms with Crippen molar-refractivity contribution in [1.82, 2.24) is 0 Å². The SMILES string of the molecule is COC(=O)c1sc2ccccc2c1NC(=O)c1cccc(Oc2ccccc2)c1. The van der Waals surface area contributed by atoms with E-state index in [0.717, 1.165) is 10.1 Å². The number of hydrogen-bond acceptors (Lipinski definition) is 5. The molecule has 0 saturated carbocycles. The van der Waals surface area contributed by atoms with Crippen LogP contribution in [0.2, 0.25) is 0 Å². The molecule has 5 nitrogen and oxygen atoms in total. The Hall–Kier alpha value is -3.64. The van der Waals surface area contributed by atoms with Gasteiger partial charge in [0, 0.05) is 15.6 Å². The first-order valence-corrected chi connectivity index (χ1v) is 9.71. The third-order valence-corrected chi connectivity index (χ3v) is 5.43. The van der Waals surface area contributed by atoms with Crippen LogP contribution in [0.15, 0.2) is 78.9 Å². The van der Waals surface area contributed by atoms with Crippen LogP contribution >= 0.6 is 11.3 Å². The summed E-state index contributed by atoms with van der Waals surface area (Å²) in [5, 5.41) is 3.67. The maximum absolute atomic E-state index is 12.9. The summed E-state index contributed by atoms with van der Waals surface area (Å²) in [6.07, 6.45) is 0. The average Bonchev–Trinajstić information content (AvgIpc) is 3.12. The predicted octanol–water partition coefficient (Wildman–Crippen LogP) is 5.73. The van der Waals surface area contributed by atoms with Crippen LogP contribution in [0.25, 0.3) is 10.1 Å². The van der Waals surface area contributed by atoms with Crippen LogP contribution in [0.5, 0.6) is 11.5 Å². The summed E-state index contributed by atoms with van der Waals surface area (Å²) in [7, 11) is 1.32. The zero-order chi connectivity index (χ0) is 20.2. The lowest BCUT2D eigenvalue weighted by molar-refractivity contribution is 0.0607. The Morgan fingerprint density at radius 2 is 1.59 bits per heavy atom. The second-order valence-corrected chi connectivity index (χ2v) is 7.24. The molecule has 0 fully saturated rings. The summed E-state index contributed by atoms with van der Waals surface area (Å²) in [5.74, 6) is 0.411. The number of anilines is 1. The minimum atomic E-state index is -0.484. The van der Waals surface area contributed by atoms with Gasteiger partial charge >= 0.3 is 5.97 Å². The maximum Gasteiger partial charge on any atom is 0.350 e. The predicted molar refractivity (Wildman–Crippen MR) is 114 cm³/mol. The quantitative estimate of drug-likeness (QED) is 0.432. The molecule has 1 heterocycles. The Kier molecular flexibility index (Phi) is 5.27. The lowest BCUT2D eigenvalue weighted by Gasteiger charge is -2.09. The van der Waals surface area contributed by atoms with Crippen molar-refractivity contribution in [3.05, 3.63) is 89.3 Å². The van der Waals surface area contributed by atoms with E-state index in [0.29, 0.717) is 27.6 Å². The van der Waals surface area contributed by atoms with Crippen molar-refractivity contribution < 1.29 is 19.1 Å². The van der Waals surface area contributed by atoms with E-state index in [2.05, 4.69) is 5.32 Å². The fourth-order valence-electron chi connectivity index (χ4n) is 2.92. The normalized spacial score (nSPS) is 10.5. The zero-order valence-electron chi connectivity index (χ0n) is 15.5. The largest absolute Gasteiger partial charge is 0.465 e. The highest BCUT2D eigenvalue weighted by atomic mass is 32.1. The summed E-state index contributed by atoms with van der Waals surface area (Å²) >= 11 is 1.28. The Balaban J connectivity index is 1.63. The van der Waals surface area contributed by atoms with Crippen LogP contribution in [-0.2, 0) is 4.74 Å². The van der Waals surface area contributed by atoms with Gasteiger partial charge in [-0.3, -0.25) is 4.79 Å². The van der Waals surface area contributed by atoms with Crippen LogP contribution in [0, 0.1) is 0 Å². The number of ether oxygens (including phenoxy) is 2. The summed E-state index contributed by atoms with van der Waals surface area (Å²) in [6, 6.07) is 23.7. The molecule has 144 valence electrons. The first-order valence-electron chi connectivity index (χ1n) is 8.90. The fraction of sp³-hybridized carbons (Fsp3) is 0.0435. The average molecular weight is 403 g/mol. The number of hydrogen-bond donors (Lipinski definition) is 1. The van der Waals surface area contributed by atoms with Gasteiger partial charge in [-0.2, -0.15) is 0 Å². The Morgan fingerprint density at radius 3 is 2.38 bits per heavy atom. The van der Waals surface area contributed by atoms with Gasteiger partial charge in [-0.05, 0) is 36.4 Å². The molecule has 3 aromatic carbocycles. The van der Waals surface area contributed by atoms with Gasteiger partial charge in [-0.15, -0.1) is 11.3 Å². The molecule has 0 aliphatic carbocycles. The van der Waals surface area contributed by atoms with E-state index in [4.69, 9.17) is 9.47 Å². The minimum Gasteiger partial charge on any atom is -0.465 e. The molecule has 0 aliphatic heterocycles. The Morgan fingerprint density at radius 1 is 0.862 bits per heavy atom. The Bertz CT molecular complexity index is 1180. The molecule has 6 heteroatoms. The van der Waals surface area contributed by atoms with E-state index in [1.54, 1.807) is 24.3 Å². The van der Waals surface area contributed by atoms with E-state index >= 15 is 0 Å². The molecule has 1 aromatic heterocycles. The van der Waals surface area contributed by atoms with Gasteiger partial charge in [0.05, 0.1) is 12.8 Å². The van der Waals surface area contributed by atoms with E-state index in [1.165, 1.54) is 18.4 Å². The number of carbonyl (C=O) groups excluding carboxylic acids is 2. The van der Waals surface area contributed by atoms with E-state index in [9.17, 15) is 9.59 Å². The lowest BCUT2D eigenvalue weighted by atomic mass is 10.1. The number of carbonyl (C=O) groups is 2. The molecular formula is C23H17NO4S. The Labute approximate surface area is 171 Å². The summed E-state index contributed by atoms with van der Waals surface area (Å²) in [4.78, 5) is 25.5. The number of para-hydroxylation sites is 1. The second-order valence-electron chi connectivity index (χ2n) is 6.19. The molecule has 0 bridgehead atoms. The molecule has 0 radical (unpaired) electrons. The van der Waals surface area contributed by atoms with Gasteiger partial charge < -0.3 is 14.8 Å². The standard InChI is InChI=1S/C23H17NO4S/c1-27-23(26)21-20(18-12-5-6-13-19(18)29-21)24-22(25)15-8-7-11-17(14-15)28-16-9-3-2-4-10-16/h2-14H,1H3,(H,24,25). The van der Waals surface area contributed by atoms with Crippen LogP contribution in [0.3, 0.4) is 0 Å². The number of thiophene rings is 1. The van der Waals surface area contributed by atoms with Crippen molar-refractivity contribution in [1.29, 1.82) is 0 Å². The lowest BCUT2D eigenvalue weighted by Crippen LogP contribution is -2.14. The van der Waals surface area contributed by atoms with Crippen LogP contribution in [0.1, 0.15) is 20.0 Å². The van der Waals surface area contributed by atoms with Crippen molar-refractivity contribution in [2.24, 2.45) is 0 Å². The molecular weight excluding hydrogens is 386 g/mol. The highest BCUT2D eigenvalue weighted by molar-refractivity contribution is 7.21. The molecule has 4 aromatic rings.